The number of nitrogens with one attached hydrogen (secondary N) is 1. The van der Waals surface area contributed by atoms with Crippen molar-refractivity contribution in [1.29, 1.82) is 0 Å². The molecule has 8 heteroatoms. The van der Waals surface area contributed by atoms with E-state index in [-0.39, 0.29) is 17.5 Å². The topological polar surface area (TPSA) is 92.5 Å². The maximum absolute atomic E-state index is 12.5. The number of nitro groups is 1. The Balaban J connectivity index is 1.69. The quantitative estimate of drug-likeness (QED) is 0.681. The average molecular weight is 345 g/mol. The smallest absolute Gasteiger partial charge is 0.269 e. The number of anilines is 1. The van der Waals surface area contributed by atoms with E-state index in [2.05, 4.69) is 5.32 Å². The number of thiophene rings is 1. The van der Waals surface area contributed by atoms with Gasteiger partial charge in [0.2, 0.25) is 5.91 Å². The summed E-state index contributed by atoms with van der Waals surface area (Å²) in [4.78, 5) is 37.3. The number of hydrogen-bond donors (Lipinski definition) is 1. The normalized spacial score (nSPS) is 16.8. The molecule has 1 aromatic carbocycles. The van der Waals surface area contributed by atoms with Crippen molar-refractivity contribution >= 4 is 34.5 Å². The zero-order valence-electron chi connectivity index (χ0n) is 12.7. The van der Waals surface area contributed by atoms with Crippen molar-refractivity contribution in [3.8, 4) is 0 Å². The molecule has 1 fully saturated rings. The van der Waals surface area contributed by atoms with E-state index in [0.717, 1.165) is 6.42 Å². The Labute approximate surface area is 142 Å². The molecule has 7 nitrogen and oxygen atoms in total. The van der Waals surface area contributed by atoms with Crippen LogP contribution in [0.25, 0.3) is 0 Å². The lowest BCUT2D eigenvalue weighted by Crippen LogP contribution is -2.42. The van der Waals surface area contributed by atoms with Gasteiger partial charge in [0, 0.05) is 24.4 Å². The third-order valence-electron chi connectivity index (χ3n) is 3.89. The molecule has 1 aliphatic rings. The molecule has 0 radical (unpaired) electrons. The minimum atomic E-state index is -0.519. The number of nitro benzene ring substituents is 1. The molecule has 0 bridgehead atoms. The third-order valence-corrected chi connectivity index (χ3v) is 4.75. The first-order chi connectivity index (χ1) is 11.6. The van der Waals surface area contributed by atoms with Gasteiger partial charge in [0.15, 0.2) is 0 Å². The van der Waals surface area contributed by atoms with Crippen LogP contribution in [0.2, 0.25) is 0 Å². The first-order valence-electron chi connectivity index (χ1n) is 7.46. The van der Waals surface area contributed by atoms with E-state index < -0.39 is 11.0 Å². The highest BCUT2D eigenvalue weighted by Crippen LogP contribution is 2.24. The summed E-state index contributed by atoms with van der Waals surface area (Å²) in [5.74, 6) is -0.405. The molecule has 1 atom stereocenters. The van der Waals surface area contributed by atoms with Crippen LogP contribution in [0.5, 0.6) is 0 Å². The van der Waals surface area contributed by atoms with Gasteiger partial charge in [-0.15, -0.1) is 11.3 Å². The fourth-order valence-corrected chi connectivity index (χ4v) is 3.40. The molecule has 2 amide bonds. The molecule has 24 heavy (non-hydrogen) atoms. The Bertz CT molecular complexity index is 758. The van der Waals surface area contributed by atoms with Crippen molar-refractivity contribution in [2.45, 2.75) is 18.9 Å². The first-order valence-corrected chi connectivity index (χ1v) is 8.34. The highest BCUT2D eigenvalue weighted by molar-refractivity contribution is 7.12. The molecule has 1 saturated heterocycles. The van der Waals surface area contributed by atoms with Crippen LogP contribution >= 0.6 is 11.3 Å². The SMILES string of the molecule is O=C(Nc1ccc([N+](=O)[O-])cc1)C1CCCN1C(=O)c1cccs1. The second-order valence-electron chi connectivity index (χ2n) is 5.43. The Morgan fingerprint density at radius 1 is 1.25 bits per heavy atom. The molecule has 3 rings (SSSR count). The van der Waals surface area contributed by atoms with Crippen molar-refractivity contribution in [3.05, 3.63) is 56.8 Å². The van der Waals surface area contributed by atoms with Gasteiger partial charge < -0.3 is 10.2 Å². The van der Waals surface area contributed by atoms with Gasteiger partial charge in [-0.05, 0) is 36.4 Å². The predicted octanol–water partition coefficient (Wildman–Crippen LogP) is 2.90. The van der Waals surface area contributed by atoms with Crippen molar-refractivity contribution in [1.82, 2.24) is 4.90 Å². The van der Waals surface area contributed by atoms with Crippen LogP contribution in [0.4, 0.5) is 11.4 Å². The van der Waals surface area contributed by atoms with Gasteiger partial charge in [0.05, 0.1) is 9.80 Å². The van der Waals surface area contributed by atoms with Gasteiger partial charge in [-0.25, -0.2) is 0 Å². The van der Waals surface area contributed by atoms with E-state index in [1.807, 2.05) is 5.38 Å². The summed E-state index contributed by atoms with van der Waals surface area (Å²) in [5, 5.41) is 15.2. The molecule has 0 saturated carbocycles. The average Bonchev–Trinajstić information content (AvgIpc) is 3.26. The summed E-state index contributed by atoms with van der Waals surface area (Å²) >= 11 is 1.35. The Hall–Kier alpha value is -2.74. The molecular formula is C16H15N3O4S. The van der Waals surface area contributed by atoms with Crippen LogP contribution in [0.15, 0.2) is 41.8 Å². The van der Waals surface area contributed by atoms with Gasteiger partial charge in [0.25, 0.3) is 11.6 Å². The Kier molecular flexibility index (Phi) is 4.57. The molecule has 1 N–H and O–H groups in total. The van der Waals surface area contributed by atoms with Crippen LogP contribution < -0.4 is 5.32 Å². The van der Waals surface area contributed by atoms with E-state index in [0.29, 0.717) is 23.5 Å². The summed E-state index contributed by atoms with van der Waals surface area (Å²) in [6.45, 7) is 0.551. The lowest BCUT2D eigenvalue weighted by atomic mass is 10.2. The number of amides is 2. The standard InChI is InChI=1S/C16H15N3O4S/c20-15(17-11-5-7-12(8-6-11)19(22)23)13-3-1-9-18(13)16(21)14-4-2-10-24-14/h2,4-8,10,13H,1,3,9H2,(H,17,20). The van der Waals surface area contributed by atoms with Crippen molar-refractivity contribution < 1.29 is 14.5 Å². The lowest BCUT2D eigenvalue weighted by molar-refractivity contribution is -0.384. The van der Waals surface area contributed by atoms with Crippen molar-refractivity contribution in [2.24, 2.45) is 0 Å². The van der Waals surface area contributed by atoms with Crippen LogP contribution in [0.3, 0.4) is 0 Å². The fraction of sp³-hybridized carbons (Fsp3) is 0.250. The van der Waals surface area contributed by atoms with Gasteiger partial charge >= 0.3 is 0 Å². The van der Waals surface area contributed by atoms with Gasteiger partial charge in [-0.3, -0.25) is 19.7 Å². The molecule has 0 spiro atoms. The van der Waals surface area contributed by atoms with E-state index >= 15 is 0 Å². The monoisotopic (exact) mass is 345 g/mol. The highest BCUT2D eigenvalue weighted by Gasteiger charge is 2.34. The van der Waals surface area contributed by atoms with Crippen molar-refractivity contribution in [3.63, 3.8) is 0 Å². The summed E-state index contributed by atoms with van der Waals surface area (Å²) in [7, 11) is 0. The number of carbonyl (C=O) groups excluding carboxylic acids is 2. The fourth-order valence-electron chi connectivity index (χ4n) is 2.72. The van der Waals surface area contributed by atoms with E-state index in [9.17, 15) is 19.7 Å². The third kappa shape index (κ3) is 3.28. The number of carbonyl (C=O) groups is 2. The summed E-state index contributed by atoms with van der Waals surface area (Å²) in [5.41, 5.74) is 0.435. The zero-order chi connectivity index (χ0) is 17.1. The lowest BCUT2D eigenvalue weighted by Gasteiger charge is -2.23. The second-order valence-corrected chi connectivity index (χ2v) is 6.37. The second kappa shape index (κ2) is 6.79. The maximum atomic E-state index is 12.5. The molecule has 1 aliphatic heterocycles. The van der Waals surface area contributed by atoms with Gasteiger partial charge in [-0.1, -0.05) is 6.07 Å². The molecule has 1 aromatic heterocycles. The van der Waals surface area contributed by atoms with Crippen molar-refractivity contribution in [2.75, 3.05) is 11.9 Å². The molecule has 2 heterocycles. The van der Waals surface area contributed by atoms with E-state index in [1.54, 1.807) is 17.0 Å². The van der Waals surface area contributed by atoms with Crippen LogP contribution in [0.1, 0.15) is 22.5 Å². The molecule has 0 aliphatic carbocycles. The van der Waals surface area contributed by atoms with Crippen LogP contribution in [0, 0.1) is 10.1 Å². The van der Waals surface area contributed by atoms with Crippen LogP contribution in [-0.2, 0) is 4.79 Å². The van der Waals surface area contributed by atoms with Gasteiger partial charge in [-0.2, -0.15) is 0 Å². The molecule has 1 unspecified atom stereocenters. The summed E-state index contributed by atoms with van der Waals surface area (Å²) < 4.78 is 0. The van der Waals surface area contributed by atoms with E-state index in [1.165, 1.54) is 35.6 Å². The number of nitrogens with zero attached hydrogens (tertiary/aromatic N) is 2. The minimum absolute atomic E-state index is 0.0386. The Morgan fingerprint density at radius 2 is 2.00 bits per heavy atom. The number of benzene rings is 1. The number of likely N-dealkylation sites (tertiary alicyclic amines) is 1. The number of non-ortho nitro benzene ring substituents is 1. The highest BCUT2D eigenvalue weighted by atomic mass is 32.1. The summed E-state index contributed by atoms with van der Waals surface area (Å²) in [6.07, 6.45) is 1.38. The minimum Gasteiger partial charge on any atom is -0.326 e. The molecular weight excluding hydrogens is 330 g/mol. The number of hydrogen-bond acceptors (Lipinski definition) is 5. The summed E-state index contributed by atoms with van der Waals surface area (Å²) in [6, 6.07) is 8.66. The maximum Gasteiger partial charge on any atom is 0.269 e. The predicted molar refractivity (Wildman–Crippen MR) is 90.1 cm³/mol. The van der Waals surface area contributed by atoms with Gasteiger partial charge in [0.1, 0.15) is 6.04 Å². The largest absolute Gasteiger partial charge is 0.326 e. The molecule has 2 aromatic rings. The molecule has 124 valence electrons. The van der Waals surface area contributed by atoms with E-state index in [4.69, 9.17) is 0 Å². The van der Waals surface area contributed by atoms with Crippen LogP contribution in [-0.4, -0.2) is 34.2 Å². The first kappa shape index (κ1) is 16.1. The Morgan fingerprint density at radius 3 is 2.62 bits per heavy atom. The zero-order valence-corrected chi connectivity index (χ0v) is 13.5. The number of rotatable bonds is 4.